The average Bonchev–Trinajstić information content (AvgIpc) is 3.48. The molecule has 5 nitrogen and oxygen atoms in total. The van der Waals surface area contributed by atoms with Crippen LogP contribution in [-0.4, -0.2) is 59.3 Å². The molecule has 0 aromatic heterocycles. The van der Waals surface area contributed by atoms with Gasteiger partial charge in [-0.05, 0) is 57.9 Å². The van der Waals surface area contributed by atoms with E-state index in [4.69, 9.17) is 4.74 Å². The van der Waals surface area contributed by atoms with Crippen LogP contribution in [0.5, 0.6) is 0 Å². The van der Waals surface area contributed by atoms with Crippen molar-refractivity contribution in [3.63, 3.8) is 0 Å². The molecule has 1 aliphatic heterocycles. The highest BCUT2D eigenvalue weighted by Gasteiger charge is 2.51. The minimum absolute atomic E-state index is 0.0403. The molecule has 1 aromatic rings. The summed E-state index contributed by atoms with van der Waals surface area (Å²) in [5.74, 6) is -1.61. The number of likely N-dealkylation sites (tertiary alicyclic amines) is 1. The summed E-state index contributed by atoms with van der Waals surface area (Å²) < 4.78 is 45.0. The van der Waals surface area contributed by atoms with Crippen LogP contribution in [0.1, 0.15) is 57.9 Å². The monoisotopic (exact) mass is 440 g/mol. The summed E-state index contributed by atoms with van der Waals surface area (Å²) in [6.45, 7) is 6.55. The van der Waals surface area contributed by atoms with Crippen molar-refractivity contribution in [1.29, 1.82) is 0 Å². The van der Waals surface area contributed by atoms with Gasteiger partial charge in [0.15, 0.2) is 0 Å². The predicted octanol–water partition coefficient (Wildman–Crippen LogP) is 4.97. The van der Waals surface area contributed by atoms with Crippen LogP contribution < -0.4 is 0 Å². The number of amides is 2. The molecule has 8 heteroatoms. The molecule has 2 atom stereocenters. The zero-order valence-corrected chi connectivity index (χ0v) is 18.3. The predicted molar refractivity (Wildman–Crippen MR) is 111 cm³/mol. The Hall–Kier alpha value is -2.25. The first kappa shape index (κ1) is 23.4. The maximum atomic E-state index is 13.2. The van der Waals surface area contributed by atoms with E-state index >= 15 is 0 Å². The van der Waals surface area contributed by atoms with Gasteiger partial charge >= 0.3 is 18.2 Å². The number of ether oxygens (including phenoxy) is 1. The van der Waals surface area contributed by atoms with Crippen LogP contribution >= 0.6 is 0 Å². The fourth-order valence-corrected chi connectivity index (χ4v) is 4.22. The van der Waals surface area contributed by atoms with Gasteiger partial charge in [-0.3, -0.25) is 4.79 Å². The molecule has 2 fully saturated rings. The van der Waals surface area contributed by atoms with Crippen LogP contribution in [0.25, 0.3) is 0 Å². The fraction of sp³-hybridized carbons (Fsp3) is 0.652. The number of benzene rings is 1. The van der Waals surface area contributed by atoms with E-state index < -0.39 is 23.7 Å². The Kier molecular flexibility index (Phi) is 6.86. The van der Waals surface area contributed by atoms with Gasteiger partial charge in [0.05, 0.1) is 0 Å². The quantitative estimate of drug-likeness (QED) is 0.650. The van der Waals surface area contributed by atoms with Crippen LogP contribution in [0.4, 0.5) is 18.0 Å². The first-order valence-corrected chi connectivity index (χ1v) is 10.9. The van der Waals surface area contributed by atoms with Crippen molar-refractivity contribution in [3.05, 3.63) is 35.9 Å². The Morgan fingerprint density at radius 2 is 1.71 bits per heavy atom. The number of hydrogen-bond donors (Lipinski definition) is 0. The highest BCUT2D eigenvalue weighted by molar-refractivity contribution is 5.82. The molecule has 3 rings (SSSR count). The van der Waals surface area contributed by atoms with Gasteiger partial charge in [-0.1, -0.05) is 30.3 Å². The second-order valence-corrected chi connectivity index (χ2v) is 9.52. The maximum absolute atomic E-state index is 13.2. The minimum Gasteiger partial charge on any atom is -0.444 e. The molecular formula is C23H31F3N2O3. The molecule has 0 N–H and O–H groups in total. The lowest BCUT2D eigenvalue weighted by molar-refractivity contribution is -0.186. The average molecular weight is 441 g/mol. The van der Waals surface area contributed by atoms with E-state index in [2.05, 4.69) is 0 Å². The van der Waals surface area contributed by atoms with Crippen LogP contribution in [0, 0.1) is 5.92 Å². The lowest BCUT2D eigenvalue weighted by Crippen LogP contribution is -2.45. The number of alkyl halides is 3. The summed E-state index contributed by atoms with van der Waals surface area (Å²) in [6.07, 6.45) is -2.78. The lowest BCUT2D eigenvalue weighted by atomic mass is 9.93. The van der Waals surface area contributed by atoms with Crippen LogP contribution in [0.3, 0.4) is 0 Å². The Bertz CT molecular complexity index is 769. The Labute approximate surface area is 181 Å². The minimum atomic E-state index is -4.87. The number of carbonyl (C=O) groups is 2. The van der Waals surface area contributed by atoms with Gasteiger partial charge in [0.1, 0.15) is 5.60 Å². The van der Waals surface area contributed by atoms with Crippen LogP contribution in [0.2, 0.25) is 0 Å². The number of hydrogen-bond acceptors (Lipinski definition) is 3. The van der Waals surface area contributed by atoms with Crippen molar-refractivity contribution in [2.45, 2.75) is 70.2 Å². The largest absolute Gasteiger partial charge is 0.471 e. The Morgan fingerprint density at radius 1 is 1.10 bits per heavy atom. The summed E-state index contributed by atoms with van der Waals surface area (Å²) >= 11 is 0. The third kappa shape index (κ3) is 6.37. The standard InChI is InChI=1S/C23H31F3N2O3/c1-22(2,3)31-21(30)27-12-9-16(10-13-27)11-14-28(20(29)23(24,25)26)19-15-18(19)17-7-5-4-6-8-17/h4-8,16,18-19H,9-15H2,1-3H3. The number of piperidine rings is 1. The highest BCUT2D eigenvalue weighted by atomic mass is 19.4. The third-order valence-corrected chi connectivity index (χ3v) is 5.93. The molecular weight excluding hydrogens is 409 g/mol. The smallest absolute Gasteiger partial charge is 0.444 e. The third-order valence-electron chi connectivity index (χ3n) is 5.93. The van der Waals surface area contributed by atoms with Gasteiger partial charge in [-0.2, -0.15) is 13.2 Å². The van der Waals surface area contributed by atoms with Gasteiger partial charge in [-0.25, -0.2) is 4.79 Å². The SMILES string of the molecule is CC(C)(C)OC(=O)N1CCC(CCN(C(=O)C(F)(F)F)C2CC2c2ccccc2)CC1. The second kappa shape index (κ2) is 9.09. The Morgan fingerprint density at radius 3 is 2.26 bits per heavy atom. The van der Waals surface area contributed by atoms with Crippen molar-refractivity contribution in [3.8, 4) is 0 Å². The number of halogens is 3. The molecule has 1 aromatic carbocycles. The molecule has 172 valence electrons. The fourth-order valence-electron chi connectivity index (χ4n) is 4.22. The van der Waals surface area contributed by atoms with E-state index in [-0.39, 0.29) is 24.5 Å². The van der Waals surface area contributed by atoms with E-state index in [1.165, 1.54) is 0 Å². The normalized spacial score (nSPS) is 22.2. The Balaban J connectivity index is 1.55. The van der Waals surface area contributed by atoms with Gasteiger partial charge in [0.25, 0.3) is 0 Å². The zero-order chi connectivity index (χ0) is 22.8. The van der Waals surface area contributed by atoms with Crippen molar-refractivity contribution in [1.82, 2.24) is 9.80 Å². The number of carbonyl (C=O) groups excluding carboxylic acids is 2. The first-order valence-electron chi connectivity index (χ1n) is 10.9. The molecule has 0 radical (unpaired) electrons. The van der Waals surface area contributed by atoms with E-state index in [0.717, 1.165) is 10.5 Å². The highest BCUT2D eigenvalue weighted by Crippen LogP contribution is 2.46. The lowest BCUT2D eigenvalue weighted by Gasteiger charge is -2.34. The van der Waals surface area contributed by atoms with Crippen LogP contribution in [0.15, 0.2) is 30.3 Å². The summed E-state index contributed by atoms with van der Waals surface area (Å²) in [5.41, 5.74) is 0.407. The summed E-state index contributed by atoms with van der Waals surface area (Å²) in [4.78, 5) is 27.0. The van der Waals surface area contributed by atoms with Gasteiger partial charge in [-0.15, -0.1) is 0 Å². The van der Waals surface area contributed by atoms with E-state index in [1.54, 1.807) is 4.90 Å². The van der Waals surface area contributed by atoms with Gasteiger partial charge in [0.2, 0.25) is 0 Å². The molecule has 0 spiro atoms. The second-order valence-electron chi connectivity index (χ2n) is 9.52. The molecule has 1 saturated carbocycles. The summed E-state index contributed by atoms with van der Waals surface area (Å²) in [7, 11) is 0. The van der Waals surface area contributed by atoms with Crippen molar-refractivity contribution in [2.75, 3.05) is 19.6 Å². The van der Waals surface area contributed by atoms with Crippen molar-refractivity contribution < 1.29 is 27.5 Å². The van der Waals surface area contributed by atoms with Gasteiger partial charge < -0.3 is 14.5 Å². The number of rotatable bonds is 5. The van der Waals surface area contributed by atoms with Crippen LogP contribution in [-0.2, 0) is 9.53 Å². The maximum Gasteiger partial charge on any atom is 0.471 e. The van der Waals surface area contributed by atoms with E-state index in [9.17, 15) is 22.8 Å². The summed E-state index contributed by atoms with van der Waals surface area (Å²) in [6, 6.07) is 8.97. The molecule has 1 saturated heterocycles. The first-order chi connectivity index (χ1) is 14.5. The zero-order valence-electron chi connectivity index (χ0n) is 18.3. The van der Waals surface area contributed by atoms with Crippen molar-refractivity contribution in [2.24, 2.45) is 5.92 Å². The molecule has 1 heterocycles. The molecule has 2 amide bonds. The van der Waals surface area contributed by atoms with E-state index in [0.29, 0.717) is 38.8 Å². The van der Waals surface area contributed by atoms with E-state index in [1.807, 2.05) is 51.1 Å². The topological polar surface area (TPSA) is 49.9 Å². The molecule has 2 unspecified atom stereocenters. The molecule has 31 heavy (non-hydrogen) atoms. The van der Waals surface area contributed by atoms with Crippen molar-refractivity contribution >= 4 is 12.0 Å². The molecule has 0 bridgehead atoms. The van der Waals surface area contributed by atoms with Gasteiger partial charge in [0, 0.05) is 31.6 Å². The molecule has 2 aliphatic rings. The number of nitrogens with zero attached hydrogens (tertiary/aromatic N) is 2. The molecule has 1 aliphatic carbocycles. The summed E-state index contributed by atoms with van der Waals surface area (Å²) in [5, 5.41) is 0.